The third-order valence-electron chi connectivity index (χ3n) is 2.64. The molecule has 0 spiro atoms. The van der Waals surface area contributed by atoms with Crippen molar-refractivity contribution in [1.29, 1.82) is 0 Å². The minimum atomic E-state index is 0.727. The number of nitrogens with one attached hydrogen (secondary N) is 1. The number of nitrogens with zero attached hydrogens (tertiary/aromatic N) is 5. The summed E-state index contributed by atoms with van der Waals surface area (Å²) in [6.45, 7) is 4.57. The molecular weight excluding hydrogens is 216 g/mol. The molecule has 0 aliphatic carbocycles. The van der Waals surface area contributed by atoms with Crippen LogP contribution in [0.4, 0.5) is 0 Å². The first kappa shape index (κ1) is 11.8. The van der Waals surface area contributed by atoms with Crippen molar-refractivity contribution in [3.8, 4) is 0 Å². The second-order valence-corrected chi connectivity index (χ2v) is 3.95. The fourth-order valence-electron chi connectivity index (χ4n) is 1.70. The van der Waals surface area contributed by atoms with E-state index < -0.39 is 0 Å². The van der Waals surface area contributed by atoms with Gasteiger partial charge in [0.05, 0.1) is 12.2 Å². The van der Waals surface area contributed by atoms with Crippen LogP contribution in [-0.4, -0.2) is 24.5 Å². The van der Waals surface area contributed by atoms with Gasteiger partial charge in [0.15, 0.2) is 0 Å². The van der Waals surface area contributed by atoms with E-state index in [2.05, 4.69) is 27.4 Å². The molecule has 92 valence electrons. The highest BCUT2D eigenvalue weighted by atomic mass is 15.3. The van der Waals surface area contributed by atoms with Gasteiger partial charge in [0, 0.05) is 26.3 Å². The summed E-state index contributed by atoms with van der Waals surface area (Å²) < 4.78 is 3.81. The maximum absolute atomic E-state index is 4.24. The SMILES string of the molecule is CCCn1ncnc1CNCc1ccnn1C. The Bertz CT molecular complexity index is 458. The van der Waals surface area contributed by atoms with E-state index in [4.69, 9.17) is 0 Å². The van der Waals surface area contributed by atoms with Gasteiger partial charge in [-0.2, -0.15) is 10.2 Å². The first-order valence-electron chi connectivity index (χ1n) is 5.85. The molecule has 0 radical (unpaired) electrons. The maximum Gasteiger partial charge on any atom is 0.140 e. The summed E-state index contributed by atoms with van der Waals surface area (Å²) in [5, 5.41) is 11.7. The second-order valence-electron chi connectivity index (χ2n) is 3.95. The van der Waals surface area contributed by atoms with Gasteiger partial charge in [-0.25, -0.2) is 9.67 Å². The lowest BCUT2D eigenvalue weighted by molar-refractivity contribution is 0.535. The lowest BCUT2D eigenvalue weighted by Crippen LogP contribution is -2.18. The Morgan fingerprint density at radius 2 is 2.18 bits per heavy atom. The van der Waals surface area contributed by atoms with Crippen molar-refractivity contribution < 1.29 is 0 Å². The predicted molar refractivity (Wildman–Crippen MR) is 64.1 cm³/mol. The number of hydrogen-bond acceptors (Lipinski definition) is 4. The Morgan fingerprint density at radius 3 is 2.88 bits per heavy atom. The highest BCUT2D eigenvalue weighted by Gasteiger charge is 2.03. The van der Waals surface area contributed by atoms with Crippen molar-refractivity contribution in [2.75, 3.05) is 0 Å². The van der Waals surface area contributed by atoms with Crippen LogP contribution in [-0.2, 0) is 26.7 Å². The fraction of sp³-hybridized carbons (Fsp3) is 0.545. The molecule has 17 heavy (non-hydrogen) atoms. The summed E-state index contributed by atoms with van der Waals surface area (Å²) in [4.78, 5) is 4.24. The molecule has 0 aromatic carbocycles. The molecule has 2 heterocycles. The molecule has 0 bridgehead atoms. The van der Waals surface area contributed by atoms with E-state index in [9.17, 15) is 0 Å². The normalized spacial score (nSPS) is 10.9. The number of hydrogen-bond donors (Lipinski definition) is 1. The molecule has 2 rings (SSSR count). The van der Waals surface area contributed by atoms with Crippen molar-refractivity contribution >= 4 is 0 Å². The van der Waals surface area contributed by atoms with E-state index in [0.717, 1.165) is 37.6 Å². The molecule has 0 aliphatic rings. The third kappa shape index (κ3) is 2.91. The van der Waals surface area contributed by atoms with Crippen LogP contribution in [0.1, 0.15) is 24.9 Å². The van der Waals surface area contributed by atoms with Crippen LogP contribution in [0.3, 0.4) is 0 Å². The standard InChI is InChI=1S/C11H18N6/c1-3-6-17-11(13-9-15-17)8-12-7-10-4-5-14-16(10)2/h4-5,9,12H,3,6-8H2,1-2H3. The minimum absolute atomic E-state index is 0.727. The zero-order valence-electron chi connectivity index (χ0n) is 10.3. The number of aromatic nitrogens is 5. The zero-order chi connectivity index (χ0) is 12.1. The van der Waals surface area contributed by atoms with Crippen molar-refractivity contribution in [2.24, 2.45) is 7.05 Å². The topological polar surface area (TPSA) is 60.6 Å². The van der Waals surface area contributed by atoms with E-state index in [-0.39, 0.29) is 0 Å². The fourth-order valence-corrected chi connectivity index (χ4v) is 1.70. The third-order valence-corrected chi connectivity index (χ3v) is 2.64. The van der Waals surface area contributed by atoms with Gasteiger partial charge in [-0.05, 0) is 12.5 Å². The van der Waals surface area contributed by atoms with Crippen LogP contribution in [0.15, 0.2) is 18.6 Å². The Hall–Kier alpha value is -1.69. The Labute approximate surface area is 101 Å². The van der Waals surface area contributed by atoms with Crippen molar-refractivity contribution in [3.63, 3.8) is 0 Å². The molecule has 2 aromatic rings. The summed E-state index contributed by atoms with van der Waals surface area (Å²) >= 11 is 0. The number of rotatable bonds is 6. The monoisotopic (exact) mass is 234 g/mol. The summed E-state index contributed by atoms with van der Waals surface area (Å²) in [5.74, 6) is 0.981. The predicted octanol–water partition coefficient (Wildman–Crippen LogP) is 0.711. The van der Waals surface area contributed by atoms with E-state index in [0.29, 0.717) is 0 Å². The van der Waals surface area contributed by atoms with E-state index >= 15 is 0 Å². The molecule has 6 nitrogen and oxygen atoms in total. The lowest BCUT2D eigenvalue weighted by atomic mass is 10.4. The van der Waals surface area contributed by atoms with E-state index in [1.807, 2.05) is 22.5 Å². The van der Waals surface area contributed by atoms with Gasteiger partial charge in [0.1, 0.15) is 12.2 Å². The summed E-state index contributed by atoms with van der Waals surface area (Å²) in [6.07, 6.45) is 4.48. The van der Waals surface area contributed by atoms with Crippen LogP contribution >= 0.6 is 0 Å². The summed E-state index contributed by atoms with van der Waals surface area (Å²) in [6, 6.07) is 2.00. The van der Waals surface area contributed by atoms with Crippen LogP contribution in [0, 0.1) is 0 Å². The Kier molecular flexibility index (Phi) is 3.87. The van der Waals surface area contributed by atoms with Crippen molar-refractivity contribution in [2.45, 2.75) is 33.0 Å². The first-order chi connectivity index (χ1) is 8.31. The molecule has 2 aromatic heterocycles. The smallest absolute Gasteiger partial charge is 0.140 e. The quantitative estimate of drug-likeness (QED) is 0.799. The number of aryl methyl sites for hydroxylation is 2. The zero-order valence-corrected chi connectivity index (χ0v) is 10.3. The molecule has 0 amide bonds. The highest BCUT2D eigenvalue weighted by Crippen LogP contribution is 1.98. The Balaban J connectivity index is 1.86. The van der Waals surface area contributed by atoms with Gasteiger partial charge in [-0.3, -0.25) is 4.68 Å². The molecular formula is C11H18N6. The van der Waals surface area contributed by atoms with Crippen LogP contribution in [0.25, 0.3) is 0 Å². The van der Waals surface area contributed by atoms with Gasteiger partial charge >= 0.3 is 0 Å². The molecule has 6 heteroatoms. The van der Waals surface area contributed by atoms with Crippen LogP contribution < -0.4 is 5.32 Å². The Morgan fingerprint density at radius 1 is 1.29 bits per heavy atom. The van der Waals surface area contributed by atoms with Gasteiger partial charge in [-0.15, -0.1) is 0 Å². The van der Waals surface area contributed by atoms with Crippen molar-refractivity contribution in [3.05, 3.63) is 30.1 Å². The van der Waals surface area contributed by atoms with Gasteiger partial charge in [0.25, 0.3) is 0 Å². The van der Waals surface area contributed by atoms with E-state index in [1.165, 1.54) is 0 Å². The van der Waals surface area contributed by atoms with Gasteiger partial charge in [0.2, 0.25) is 0 Å². The van der Waals surface area contributed by atoms with Crippen molar-refractivity contribution in [1.82, 2.24) is 29.9 Å². The lowest BCUT2D eigenvalue weighted by Gasteiger charge is -2.06. The van der Waals surface area contributed by atoms with Crippen LogP contribution in [0.5, 0.6) is 0 Å². The summed E-state index contributed by atoms with van der Waals surface area (Å²) in [5.41, 5.74) is 1.16. The minimum Gasteiger partial charge on any atom is -0.304 e. The van der Waals surface area contributed by atoms with Gasteiger partial charge in [-0.1, -0.05) is 6.92 Å². The average molecular weight is 234 g/mol. The molecule has 0 saturated heterocycles. The molecule has 0 fully saturated rings. The molecule has 1 N–H and O–H groups in total. The second kappa shape index (κ2) is 5.58. The largest absolute Gasteiger partial charge is 0.304 e. The molecule has 0 atom stereocenters. The summed E-state index contributed by atoms with van der Waals surface area (Å²) in [7, 11) is 1.94. The highest BCUT2D eigenvalue weighted by molar-refractivity contribution is 4.99. The molecule has 0 unspecified atom stereocenters. The maximum atomic E-state index is 4.24. The molecule has 0 aliphatic heterocycles. The van der Waals surface area contributed by atoms with Crippen LogP contribution in [0.2, 0.25) is 0 Å². The van der Waals surface area contributed by atoms with Gasteiger partial charge < -0.3 is 5.32 Å². The van der Waals surface area contributed by atoms with E-state index in [1.54, 1.807) is 12.5 Å². The first-order valence-corrected chi connectivity index (χ1v) is 5.85. The molecule has 0 saturated carbocycles. The average Bonchev–Trinajstić information content (AvgIpc) is 2.90.